The molecule has 0 fully saturated rings. The lowest BCUT2D eigenvalue weighted by atomic mass is 10.2. The predicted molar refractivity (Wildman–Crippen MR) is 75.9 cm³/mol. The van der Waals surface area contributed by atoms with E-state index in [1.807, 2.05) is 27.7 Å². The van der Waals surface area contributed by atoms with Crippen molar-refractivity contribution in [2.24, 2.45) is 0 Å². The molecule has 102 valence electrons. The van der Waals surface area contributed by atoms with Gasteiger partial charge in [0.25, 0.3) is 0 Å². The molecule has 2 nitrogen and oxygen atoms in total. The van der Waals surface area contributed by atoms with Gasteiger partial charge >= 0.3 is 0 Å². The van der Waals surface area contributed by atoms with Gasteiger partial charge in [-0.1, -0.05) is 41.5 Å². The first-order valence-corrected chi connectivity index (χ1v) is 6.88. The number of methoxy groups -OCH3 is 1. The maximum atomic E-state index is 5.43. The monoisotopic (exact) mass is 233 g/mol. The van der Waals surface area contributed by atoms with Crippen LogP contribution in [-0.4, -0.2) is 30.8 Å². The van der Waals surface area contributed by atoms with E-state index >= 15 is 0 Å². The summed E-state index contributed by atoms with van der Waals surface area (Å²) in [6.45, 7) is 18.9. The van der Waals surface area contributed by atoms with Crippen molar-refractivity contribution >= 4 is 0 Å². The Balaban J connectivity index is -0.000000376. The average Bonchev–Trinajstić information content (AvgIpc) is 2.34. The van der Waals surface area contributed by atoms with Crippen molar-refractivity contribution in [1.82, 2.24) is 4.90 Å². The molecule has 0 saturated heterocycles. The number of nitrogens with zero attached hydrogens (tertiary/aromatic N) is 1. The molecular formula is C14H35NO. The van der Waals surface area contributed by atoms with Gasteiger partial charge < -0.3 is 4.74 Å². The van der Waals surface area contributed by atoms with Crippen LogP contribution in [0.5, 0.6) is 0 Å². The number of ether oxygens (including phenoxy) is 1. The molecule has 0 aliphatic carbocycles. The Hall–Kier alpha value is -0.0800. The molecule has 16 heavy (non-hydrogen) atoms. The molecule has 0 rings (SSSR count). The third-order valence-electron chi connectivity index (χ3n) is 2.25. The summed E-state index contributed by atoms with van der Waals surface area (Å²) in [6, 6.07) is 0. The van der Waals surface area contributed by atoms with Gasteiger partial charge in [-0.05, 0) is 26.7 Å². The van der Waals surface area contributed by atoms with E-state index in [0.717, 1.165) is 13.1 Å². The van der Waals surface area contributed by atoms with Crippen molar-refractivity contribution in [3.8, 4) is 0 Å². The quantitative estimate of drug-likeness (QED) is 0.624. The zero-order valence-electron chi connectivity index (χ0n) is 13.2. The van der Waals surface area contributed by atoms with Crippen molar-refractivity contribution in [2.45, 2.75) is 74.0 Å². The summed E-state index contributed by atoms with van der Waals surface area (Å²) >= 11 is 0. The van der Waals surface area contributed by atoms with Crippen LogP contribution in [0, 0.1) is 0 Å². The van der Waals surface area contributed by atoms with E-state index in [0.29, 0.717) is 0 Å². The second-order valence-electron chi connectivity index (χ2n) is 3.64. The average molecular weight is 233 g/mol. The molecule has 0 aromatic heterocycles. The highest BCUT2D eigenvalue weighted by atomic mass is 16.5. The van der Waals surface area contributed by atoms with Gasteiger partial charge in [0, 0.05) is 20.2 Å². The van der Waals surface area contributed by atoms with Crippen molar-refractivity contribution < 1.29 is 4.74 Å². The van der Waals surface area contributed by atoms with Gasteiger partial charge in [0.15, 0.2) is 0 Å². The molecule has 0 bridgehead atoms. The summed E-state index contributed by atoms with van der Waals surface area (Å²) in [5.74, 6) is 0. The molecule has 0 aromatic carbocycles. The molecule has 0 aromatic rings. The normalized spacial score (nSPS) is 10.1. The minimum Gasteiger partial charge on any atom is -0.364 e. The Bertz CT molecular complexity index is 107. The minimum atomic E-state index is -0.105. The van der Waals surface area contributed by atoms with E-state index in [4.69, 9.17) is 4.74 Å². The van der Waals surface area contributed by atoms with Crippen LogP contribution in [0.25, 0.3) is 0 Å². The van der Waals surface area contributed by atoms with E-state index in [1.165, 1.54) is 12.8 Å². The lowest BCUT2D eigenvalue weighted by Gasteiger charge is -2.37. The fourth-order valence-electron chi connectivity index (χ4n) is 1.32. The largest absolute Gasteiger partial charge is 0.364 e. The molecule has 0 heterocycles. The number of rotatable bonds is 6. The summed E-state index contributed by atoms with van der Waals surface area (Å²) in [5, 5.41) is 0. The summed E-state index contributed by atoms with van der Waals surface area (Å²) in [6.07, 6.45) is 2.37. The molecule has 0 saturated carbocycles. The SMILES string of the molecule is CC.CC.CCCN(CCC)C(C)(C)OC. The fraction of sp³-hybridized carbons (Fsp3) is 1.00. The van der Waals surface area contributed by atoms with Gasteiger partial charge in [0.2, 0.25) is 0 Å². The topological polar surface area (TPSA) is 12.5 Å². The van der Waals surface area contributed by atoms with Crippen molar-refractivity contribution in [3.05, 3.63) is 0 Å². The van der Waals surface area contributed by atoms with Gasteiger partial charge in [0.05, 0.1) is 0 Å². The first-order chi connectivity index (χ1) is 7.58. The zero-order valence-corrected chi connectivity index (χ0v) is 13.2. The van der Waals surface area contributed by atoms with E-state index in [9.17, 15) is 0 Å². The van der Waals surface area contributed by atoms with Crippen molar-refractivity contribution in [1.29, 1.82) is 0 Å². The minimum absolute atomic E-state index is 0.105. The summed E-state index contributed by atoms with van der Waals surface area (Å²) < 4.78 is 5.43. The molecule has 0 unspecified atom stereocenters. The maximum Gasteiger partial charge on any atom is 0.115 e. The molecule has 0 aliphatic heterocycles. The Morgan fingerprint density at radius 1 is 0.875 bits per heavy atom. The smallest absolute Gasteiger partial charge is 0.115 e. The molecule has 0 spiro atoms. The van der Waals surface area contributed by atoms with Crippen LogP contribution in [0.1, 0.15) is 68.2 Å². The highest BCUT2D eigenvalue weighted by molar-refractivity contribution is 4.70. The van der Waals surface area contributed by atoms with Crippen LogP contribution < -0.4 is 0 Å². The highest BCUT2D eigenvalue weighted by Gasteiger charge is 2.24. The Labute approximate surface area is 104 Å². The van der Waals surface area contributed by atoms with E-state index < -0.39 is 0 Å². The zero-order chi connectivity index (χ0) is 13.6. The van der Waals surface area contributed by atoms with Crippen molar-refractivity contribution in [3.63, 3.8) is 0 Å². The van der Waals surface area contributed by atoms with Gasteiger partial charge in [-0.2, -0.15) is 0 Å². The van der Waals surface area contributed by atoms with Crippen LogP contribution in [0.4, 0.5) is 0 Å². The van der Waals surface area contributed by atoms with E-state index in [-0.39, 0.29) is 5.72 Å². The molecule has 0 atom stereocenters. The molecule has 0 amide bonds. The highest BCUT2D eigenvalue weighted by Crippen LogP contribution is 2.15. The van der Waals surface area contributed by atoms with Crippen LogP contribution in [-0.2, 0) is 4.74 Å². The Morgan fingerprint density at radius 3 is 1.38 bits per heavy atom. The third kappa shape index (κ3) is 10.4. The summed E-state index contributed by atoms with van der Waals surface area (Å²) in [7, 11) is 1.78. The van der Waals surface area contributed by atoms with Crippen molar-refractivity contribution in [2.75, 3.05) is 20.2 Å². The van der Waals surface area contributed by atoms with Gasteiger partial charge in [-0.25, -0.2) is 0 Å². The van der Waals surface area contributed by atoms with Crippen LogP contribution in [0.15, 0.2) is 0 Å². The molecule has 0 N–H and O–H groups in total. The second-order valence-corrected chi connectivity index (χ2v) is 3.64. The van der Waals surface area contributed by atoms with Crippen LogP contribution in [0.2, 0.25) is 0 Å². The first-order valence-electron chi connectivity index (χ1n) is 6.88. The van der Waals surface area contributed by atoms with Gasteiger partial charge in [-0.3, -0.25) is 4.90 Å². The predicted octanol–water partition coefficient (Wildman–Crippen LogP) is 4.54. The number of hydrogen-bond acceptors (Lipinski definition) is 2. The van der Waals surface area contributed by atoms with E-state index in [2.05, 4.69) is 32.6 Å². The Kier molecular flexibility index (Phi) is 19.8. The number of hydrogen-bond donors (Lipinski definition) is 0. The first kappa shape index (κ1) is 21.2. The van der Waals surface area contributed by atoms with Gasteiger partial charge in [-0.15, -0.1) is 0 Å². The summed E-state index contributed by atoms with van der Waals surface area (Å²) in [5.41, 5.74) is -0.105. The van der Waals surface area contributed by atoms with Crippen LogP contribution in [0.3, 0.4) is 0 Å². The molecule has 0 radical (unpaired) electrons. The summed E-state index contributed by atoms with van der Waals surface area (Å²) in [4.78, 5) is 2.38. The second kappa shape index (κ2) is 14.9. The van der Waals surface area contributed by atoms with Gasteiger partial charge in [0.1, 0.15) is 5.72 Å². The maximum absolute atomic E-state index is 5.43. The Morgan fingerprint density at radius 2 is 1.19 bits per heavy atom. The molecule has 0 aliphatic rings. The fourth-order valence-corrected chi connectivity index (χ4v) is 1.32. The van der Waals surface area contributed by atoms with Crippen LogP contribution >= 0.6 is 0 Å². The lowest BCUT2D eigenvalue weighted by molar-refractivity contribution is -0.109. The molecule has 2 heteroatoms. The molecular weight excluding hydrogens is 198 g/mol. The lowest BCUT2D eigenvalue weighted by Crippen LogP contribution is -2.46. The third-order valence-corrected chi connectivity index (χ3v) is 2.25. The standard InChI is InChI=1S/C10H23NO.2C2H6/c1-6-8-11(9-7-2)10(3,4)12-5;2*1-2/h6-9H2,1-5H3;2*1-2H3. The van der Waals surface area contributed by atoms with E-state index in [1.54, 1.807) is 7.11 Å².